The minimum atomic E-state index is -1.51. The van der Waals surface area contributed by atoms with Crippen LogP contribution in [-0.4, -0.2) is 52.6 Å². The molecule has 102 valence electrons. The van der Waals surface area contributed by atoms with Crippen molar-refractivity contribution in [1.82, 2.24) is 9.80 Å². The van der Waals surface area contributed by atoms with Crippen molar-refractivity contribution in [3.8, 4) is 0 Å². The molecule has 1 aliphatic carbocycles. The summed E-state index contributed by atoms with van der Waals surface area (Å²) in [6.07, 6.45) is 3.85. The van der Waals surface area contributed by atoms with Crippen molar-refractivity contribution in [3.63, 3.8) is 0 Å². The molecule has 3 aliphatic rings. The Labute approximate surface area is 108 Å². The molecule has 2 bridgehead atoms. The van der Waals surface area contributed by atoms with Crippen molar-refractivity contribution in [1.29, 1.82) is 0 Å². The van der Waals surface area contributed by atoms with Gasteiger partial charge in [0, 0.05) is 31.2 Å². The molecule has 2 aliphatic heterocycles. The van der Waals surface area contributed by atoms with Crippen LogP contribution in [0.1, 0.15) is 46.0 Å². The van der Waals surface area contributed by atoms with E-state index in [9.17, 15) is 9.18 Å². The lowest BCUT2D eigenvalue weighted by atomic mass is 9.80. The molecule has 2 heterocycles. The molecule has 2 unspecified atom stereocenters. The maximum absolute atomic E-state index is 14.3. The average Bonchev–Trinajstić information content (AvgIpc) is 2.55. The number of halogens is 1. The number of carbonyl (C=O) groups is 1. The molecule has 1 amide bonds. The van der Waals surface area contributed by atoms with Gasteiger partial charge in [0.2, 0.25) is 0 Å². The molecule has 3 fully saturated rings. The van der Waals surface area contributed by atoms with E-state index in [1.54, 1.807) is 0 Å². The second-order valence-electron chi connectivity index (χ2n) is 6.46. The van der Waals surface area contributed by atoms with E-state index < -0.39 is 5.67 Å². The first-order chi connectivity index (χ1) is 8.51. The number of fused-ring (bicyclic) bond motifs is 2. The number of piperazine rings is 1. The summed E-state index contributed by atoms with van der Waals surface area (Å²) in [5, 5.41) is 0. The molecular weight excluding hydrogens is 231 g/mol. The zero-order valence-corrected chi connectivity index (χ0v) is 11.4. The molecule has 0 N–H and O–H groups in total. The Bertz CT molecular complexity index is 340. The highest BCUT2D eigenvalue weighted by atomic mass is 19.1. The lowest BCUT2D eigenvalue weighted by Gasteiger charge is -2.46. The smallest absolute Gasteiger partial charge is 0.260 e. The van der Waals surface area contributed by atoms with Gasteiger partial charge in [-0.3, -0.25) is 9.69 Å². The molecule has 0 radical (unpaired) electrons. The van der Waals surface area contributed by atoms with Crippen molar-refractivity contribution >= 4 is 5.91 Å². The lowest BCUT2D eigenvalue weighted by molar-refractivity contribution is -0.156. The summed E-state index contributed by atoms with van der Waals surface area (Å²) in [6.45, 7) is 6.24. The normalized spacial score (nSPS) is 34.8. The van der Waals surface area contributed by atoms with Crippen molar-refractivity contribution in [3.05, 3.63) is 0 Å². The summed E-state index contributed by atoms with van der Waals surface area (Å²) in [6, 6.07) is 1.03. The van der Waals surface area contributed by atoms with E-state index in [2.05, 4.69) is 18.7 Å². The van der Waals surface area contributed by atoms with Crippen LogP contribution in [0.15, 0.2) is 0 Å². The Hall–Kier alpha value is -0.640. The fraction of sp³-hybridized carbons (Fsp3) is 0.929. The summed E-state index contributed by atoms with van der Waals surface area (Å²) in [5.41, 5.74) is -1.51. The highest BCUT2D eigenvalue weighted by Gasteiger charge is 2.53. The Kier molecular flexibility index (Phi) is 2.88. The number of amides is 1. The van der Waals surface area contributed by atoms with Crippen LogP contribution in [0.3, 0.4) is 0 Å². The third-order valence-electron chi connectivity index (χ3n) is 5.00. The van der Waals surface area contributed by atoms with Gasteiger partial charge in [-0.25, -0.2) is 4.39 Å². The topological polar surface area (TPSA) is 23.6 Å². The predicted molar refractivity (Wildman–Crippen MR) is 68.1 cm³/mol. The molecule has 2 atom stereocenters. The molecule has 0 aromatic carbocycles. The minimum absolute atomic E-state index is 0.204. The molecule has 4 heteroatoms. The number of hydrogen-bond donors (Lipinski definition) is 0. The van der Waals surface area contributed by atoms with E-state index in [1.807, 2.05) is 4.90 Å². The third kappa shape index (κ3) is 1.77. The summed E-state index contributed by atoms with van der Waals surface area (Å²) in [5.74, 6) is -0.204. The van der Waals surface area contributed by atoms with Crippen LogP contribution in [0, 0.1) is 0 Å². The van der Waals surface area contributed by atoms with Gasteiger partial charge in [0.15, 0.2) is 5.67 Å². The quantitative estimate of drug-likeness (QED) is 0.752. The molecule has 1 saturated carbocycles. The van der Waals surface area contributed by atoms with Crippen LogP contribution in [0.25, 0.3) is 0 Å². The van der Waals surface area contributed by atoms with Gasteiger partial charge in [-0.1, -0.05) is 0 Å². The van der Waals surface area contributed by atoms with Crippen LogP contribution in [0.4, 0.5) is 4.39 Å². The van der Waals surface area contributed by atoms with E-state index in [0.717, 1.165) is 32.4 Å². The summed E-state index contributed by atoms with van der Waals surface area (Å²) in [7, 11) is 0. The number of likely N-dealkylation sites (tertiary alicyclic amines) is 1. The standard InChI is InChI=1S/C14H23FN2O/c1-10(2)16-8-11-4-5-12(9-16)17(11)13(18)14(15)6-3-7-14/h10-12H,3-9H2,1-2H3. The highest BCUT2D eigenvalue weighted by Crippen LogP contribution is 2.41. The van der Waals surface area contributed by atoms with Gasteiger partial charge in [-0.05, 0) is 46.0 Å². The molecule has 0 aromatic heterocycles. The first-order valence-electron chi connectivity index (χ1n) is 7.27. The molecule has 3 nitrogen and oxygen atoms in total. The monoisotopic (exact) mass is 254 g/mol. The average molecular weight is 254 g/mol. The highest BCUT2D eigenvalue weighted by molar-refractivity contribution is 5.87. The Morgan fingerprint density at radius 2 is 1.78 bits per heavy atom. The molecular formula is C14H23FN2O. The van der Waals surface area contributed by atoms with Crippen molar-refractivity contribution < 1.29 is 9.18 Å². The SMILES string of the molecule is CC(C)N1CC2CCC(C1)N2C(=O)C1(F)CCC1. The maximum Gasteiger partial charge on any atom is 0.260 e. The zero-order valence-electron chi connectivity index (χ0n) is 11.4. The first-order valence-corrected chi connectivity index (χ1v) is 7.27. The van der Waals surface area contributed by atoms with E-state index >= 15 is 0 Å². The number of hydrogen-bond acceptors (Lipinski definition) is 2. The van der Waals surface area contributed by atoms with Crippen molar-refractivity contribution in [2.45, 2.75) is 69.7 Å². The minimum Gasteiger partial charge on any atom is -0.331 e. The number of nitrogens with zero attached hydrogens (tertiary/aromatic N) is 2. The van der Waals surface area contributed by atoms with Gasteiger partial charge in [0.1, 0.15) is 0 Å². The van der Waals surface area contributed by atoms with Gasteiger partial charge in [-0.15, -0.1) is 0 Å². The van der Waals surface area contributed by atoms with Crippen molar-refractivity contribution in [2.75, 3.05) is 13.1 Å². The number of rotatable bonds is 2. The Morgan fingerprint density at radius 3 is 2.17 bits per heavy atom. The lowest BCUT2D eigenvalue weighted by Crippen LogP contribution is -2.62. The van der Waals surface area contributed by atoms with Crippen LogP contribution in [0.5, 0.6) is 0 Å². The molecule has 0 aromatic rings. The second-order valence-corrected chi connectivity index (χ2v) is 6.46. The Balaban J connectivity index is 1.74. The van der Waals surface area contributed by atoms with E-state index in [4.69, 9.17) is 0 Å². The summed E-state index contributed by atoms with van der Waals surface area (Å²) in [4.78, 5) is 16.7. The zero-order chi connectivity index (χ0) is 12.9. The molecule has 18 heavy (non-hydrogen) atoms. The molecule has 0 spiro atoms. The maximum atomic E-state index is 14.3. The largest absolute Gasteiger partial charge is 0.331 e. The second kappa shape index (κ2) is 4.19. The molecule has 2 saturated heterocycles. The summed E-state index contributed by atoms with van der Waals surface area (Å²) < 4.78 is 14.3. The van der Waals surface area contributed by atoms with Gasteiger partial charge in [0.05, 0.1) is 0 Å². The summed E-state index contributed by atoms with van der Waals surface area (Å²) >= 11 is 0. The van der Waals surface area contributed by atoms with Gasteiger partial charge >= 0.3 is 0 Å². The number of alkyl halides is 1. The van der Waals surface area contributed by atoms with Crippen LogP contribution >= 0.6 is 0 Å². The predicted octanol–water partition coefficient (Wildman–Crippen LogP) is 1.96. The molecule has 3 rings (SSSR count). The van der Waals surface area contributed by atoms with Crippen LogP contribution < -0.4 is 0 Å². The van der Waals surface area contributed by atoms with Crippen molar-refractivity contribution in [2.24, 2.45) is 0 Å². The van der Waals surface area contributed by atoms with Crippen LogP contribution in [0.2, 0.25) is 0 Å². The third-order valence-corrected chi connectivity index (χ3v) is 5.00. The van der Waals surface area contributed by atoms with E-state index in [1.165, 1.54) is 0 Å². The number of carbonyl (C=O) groups excluding carboxylic acids is 1. The van der Waals surface area contributed by atoms with Gasteiger partial charge in [0.25, 0.3) is 5.91 Å². The van der Waals surface area contributed by atoms with Gasteiger partial charge < -0.3 is 4.90 Å². The Morgan fingerprint density at radius 1 is 1.22 bits per heavy atom. The fourth-order valence-electron chi connectivity index (χ4n) is 3.62. The van der Waals surface area contributed by atoms with Crippen LogP contribution in [-0.2, 0) is 4.79 Å². The van der Waals surface area contributed by atoms with Gasteiger partial charge in [-0.2, -0.15) is 0 Å². The fourth-order valence-corrected chi connectivity index (χ4v) is 3.62. The van der Waals surface area contributed by atoms with E-state index in [-0.39, 0.29) is 18.0 Å². The first kappa shape index (κ1) is 12.4. The van der Waals surface area contributed by atoms with E-state index in [0.29, 0.717) is 18.9 Å².